The molecule has 0 atom stereocenters. The van der Waals surface area contributed by atoms with E-state index in [0.717, 1.165) is 16.8 Å². The van der Waals surface area contributed by atoms with Gasteiger partial charge < -0.3 is 25.0 Å². The minimum absolute atomic E-state index is 0.495. The number of nitrogens with one attached hydrogen (secondary N) is 1. The maximum Gasteiger partial charge on any atom is 0.414 e. The molecule has 0 heterocycles. The van der Waals surface area contributed by atoms with Gasteiger partial charge in [0.1, 0.15) is 12.4 Å². The lowest BCUT2D eigenvalue weighted by Crippen LogP contribution is -2.27. The first-order chi connectivity index (χ1) is 11.2. The molecular weight excluding hydrogens is 406 g/mol. The summed E-state index contributed by atoms with van der Waals surface area (Å²) < 4.78 is 11.9. The Labute approximate surface area is 154 Å². The van der Waals surface area contributed by atoms with Gasteiger partial charge in [-0.15, -0.1) is 0 Å². The van der Waals surface area contributed by atoms with E-state index >= 15 is 0 Å². The third kappa shape index (κ3) is 12.1. The Balaban J connectivity index is 0.000000754. The second kappa shape index (κ2) is 13.0. The van der Waals surface area contributed by atoms with Crippen molar-refractivity contribution in [3.05, 3.63) is 27.7 Å². The largest absolute Gasteiger partial charge is 0.490 e. The summed E-state index contributed by atoms with van der Waals surface area (Å²) in [4.78, 5) is 18.2. The number of benzene rings is 1. The molecule has 0 saturated heterocycles. The Morgan fingerprint density at radius 2 is 1.83 bits per heavy atom. The van der Waals surface area contributed by atoms with E-state index < -0.39 is 11.9 Å². The number of hydrogen-bond donors (Lipinski definition) is 3. The average Bonchev–Trinajstić information content (AvgIpc) is 2.48. The number of aliphatic carboxylic acids is 2. The lowest BCUT2D eigenvalue weighted by Gasteiger charge is -2.10. The van der Waals surface area contributed by atoms with Crippen LogP contribution in [0.5, 0.6) is 5.75 Å². The van der Waals surface area contributed by atoms with Crippen molar-refractivity contribution in [1.29, 1.82) is 0 Å². The van der Waals surface area contributed by atoms with Gasteiger partial charge in [-0.2, -0.15) is 0 Å². The molecule has 0 fully saturated rings. The van der Waals surface area contributed by atoms with Crippen LogP contribution in [0.4, 0.5) is 0 Å². The zero-order valence-corrected chi connectivity index (χ0v) is 15.8. The molecule has 0 saturated carbocycles. The molecule has 0 spiro atoms. The van der Waals surface area contributed by atoms with Crippen molar-refractivity contribution in [3.63, 3.8) is 0 Å². The predicted molar refractivity (Wildman–Crippen MR) is 93.9 cm³/mol. The van der Waals surface area contributed by atoms with Crippen LogP contribution in [-0.4, -0.2) is 54.6 Å². The molecule has 0 aliphatic carbocycles. The van der Waals surface area contributed by atoms with Crippen LogP contribution in [0.1, 0.15) is 13.8 Å². The van der Waals surface area contributed by atoms with Crippen LogP contribution < -0.4 is 10.1 Å². The van der Waals surface area contributed by atoms with Gasteiger partial charge in [-0.3, -0.25) is 0 Å². The average molecular weight is 427 g/mol. The van der Waals surface area contributed by atoms with Crippen molar-refractivity contribution in [2.75, 3.05) is 26.4 Å². The van der Waals surface area contributed by atoms with Crippen molar-refractivity contribution >= 4 is 39.5 Å². The molecule has 0 aliphatic heterocycles. The first-order valence-corrected chi connectivity index (χ1v) is 8.26. The molecule has 1 aromatic rings. The molecule has 3 N–H and O–H groups in total. The summed E-state index contributed by atoms with van der Waals surface area (Å²) in [5.74, 6) is -2.87. The van der Waals surface area contributed by atoms with Gasteiger partial charge in [0.15, 0.2) is 0 Å². The highest BCUT2D eigenvalue weighted by atomic mass is 79.9. The molecule has 0 amide bonds. The van der Waals surface area contributed by atoms with Crippen molar-refractivity contribution in [1.82, 2.24) is 5.32 Å². The van der Waals surface area contributed by atoms with Gasteiger partial charge >= 0.3 is 11.9 Å². The maximum absolute atomic E-state index is 9.10. The molecule has 7 nitrogen and oxygen atoms in total. The highest BCUT2D eigenvalue weighted by Crippen LogP contribution is 2.27. The van der Waals surface area contributed by atoms with Crippen LogP contribution >= 0.6 is 27.5 Å². The molecular formula is C15H21BrClNO6. The van der Waals surface area contributed by atoms with E-state index in [-0.39, 0.29) is 0 Å². The summed E-state index contributed by atoms with van der Waals surface area (Å²) in [6, 6.07) is 5.95. The lowest BCUT2D eigenvalue weighted by atomic mass is 10.3. The topological polar surface area (TPSA) is 105 Å². The van der Waals surface area contributed by atoms with Gasteiger partial charge in [-0.25, -0.2) is 9.59 Å². The SMILES string of the molecule is CC(C)NCCOCCOc1ccc(Cl)cc1Br.O=C(O)C(=O)O. The van der Waals surface area contributed by atoms with Crippen molar-refractivity contribution in [2.45, 2.75) is 19.9 Å². The number of carboxylic acids is 2. The molecule has 0 aromatic heterocycles. The van der Waals surface area contributed by atoms with Crippen LogP contribution in [0.2, 0.25) is 5.02 Å². The summed E-state index contributed by atoms with van der Waals surface area (Å²) in [5.41, 5.74) is 0. The van der Waals surface area contributed by atoms with Gasteiger partial charge in [0.2, 0.25) is 0 Å². The molecule has 1 rings (SSSR count). The van der Waals surface area contributed by atoms with Crippen molar-refractivity contribution in [2.24, 2.45) is 0 Å². The van der Waals surface area contributed by atoms with E-state index in [2.05, 4.69) is 35.1 Å². The van der Waals surface area contributed by atoms with Crippen LogP contribution in [0, 0.1) is 0 Å². The zero-order valence-electron chi connectivity index (χ0n) is 13.4. The second-order valence-electron chi connectivity index (χ2n) is 4.75. The van der Waals surface area contributed by atoms with Gasteiger partial charge in [-0.1, -0.05) is 25.4 Å². The molecule has 0 radical (unpaired) electrons. The van der Waals surface area contributed by atoms with Gasteiger partial charge in [0.05, 0.1) is 17.7 Å². The monoisotopic (exact) mass is 425 g/mol. The van der Waals surface area contributed by atoms with Gasteiger partial charge in [0, 0.05) is 17.6 Å². The molecule has 9 heteroatoms. The minimum Gasteiger partial charge on any atom is -0.490 e. The third-order valence-corrected chi connectivity index (χ3v) is 3.22. The number of halogens is 2. The van der Waals surface area contributed by atoms with Crippen LogP contribution in [0.25, 0.3) is 0 Å². The Morgan fingerprint density at radius 3 is 2.33 bits per heavy atom. The Kier molecular flexibility index (Phi) is 12.3. The maximum atomic E-state index is 9.10. The van der Waals surface area contributed by atoms with E-state index in [4.69, 9.17) is 40.9 Å². The molecule has 0 unspecified atom stereocenters. The van der Waals surface area contributed by atoms with E-state index in [1.807, 2.05) is 12.1 Å². The number of carboxylic acid groups (broad SMARTS) is 2. The molecule has 0 aliphatic rings. The Hall–Kier alpha value is -1.35. The number of hydrogen-bond acceptors (Lipinski definition) is 5. The fourth-order valence-electron chi connectivity index (χ4n) is 1.32. The zero-order chi connectivity index (χ0) is 18.5. The lowest BCUT2D eigenvalue weighted by molar-refractivity contribution is -0.159. The number of carbonyl (C=O) groups is 2. The molecule has 0 bridgehead atoms. The summed E-state index contributed by atoms with van der Waals surface area (Å²) in [7, 11) is 0. The van der Waals surface area contributed by atoms with E-state index in [0.29, 0.717) is 30.9 Å². The minimum atomic E-state index is -1.82. The van der Waals surface area contributed by atoms with Crippen molar-refractivity contribution in [3.8, 4) is 5.75 Å². The van der Waals surface area contributed by atoms with Crippen LogP contribution in [0.15, 0.2) is 22.7 Å². The summed E-state index contributed by atoms with van der Waals surface area (Å²) >= 11 is 9.24. The van der Waals surface area contributed by atoms with E-state index in [9.17, 15) is 0 Å². The quantitative estimate of drug-likeness (QED) is 0.433. The molecule has 24 heavy (non-hydrogen) atoms. The van der Waals surface area contributed by atoms with Crippen LogP contribution in [-0.2, 0) is 14.3 Å². The summed E-state index contributed by atoms with van der Waals surface area (Å²) in [6.45, 7) is 6.89. The summed E-state index contributed by atoms with van der Waals surface area (Å²) in [6.07, 6.45) is 0. The number of ether oxygens (including phenoxy) is 2. The smallest absolute Gasteiger partial charge is 0.414 e. The summed E-state index contributed by atoms with van der Waals surface area (Å²) in [5, 5.41) is 18.7. The predicted octanol–water partition coefficient (Wildman–Crippen LogP) is 2.65. The highest BCUT2D eigenvalue weighted by molar-refractivity contribution is 9.10. The van der Waals surface area contributed by atoms with E-state index in [1.54, 1.807) is 6.07 Å². The van der Waals surface area contributed by atoms with E-state index in [1.165, 1.54) is 0 Å². The third-order valence-electron chi connectivity index (χ3n) is 2.36. The first-order valence-electron chi connectivity index (χ1n) is 7.09. The normalized spacial score (nSPS) is 10.0. The Bertz CT molecular complexity index is 515. The highest BCUT2D eigenvalue weighted by Gasteiger charge is 2.04. The molecule has 1 aromatic carbocycles. The standard InChI is InChI=1S/C13H19BrClNO2.C2H2O4/c1-10(2)16-5-6-17-7-8-18-13-4-3-11(15)9-12(13)14;3-1(4)2(5)6/h3-4,9-10,16H,5-8H2,1-2H3;(H,3,4)(H,5,6). The number of rotatable bonds is 8. The second-order valence-corrected chi connectivity index (χ2v) is 6.05. The molecule has 136 valence electrons. The Morgan fingerprint density at radius 1 is 1.21 bits per heavy atom. The van der Waals surface area contributed by atoms with Gasteiger partial charge in [-0.05, 0) is 34.1 Å². The first kappa shape index (κ1) is 22.6. The van der Waals surface area contributed by atoms with Crippen molar-refractivity contribution < 1.29 is 29.3 Å². The fraction of sp³-hybridized carbons (Fsp3) is 0.467. The van der Waals surface area contributed by atoms with Gasteiger partial charge in [0.25, 0.3) is 0 Å². The van der Waals surface area contributed by atoms with Crippen LogP contribution in [0.3, 0.4) is 0 Å². The fourth-order valence-corrected chi connectivity index (χ4v) is 2.12.